The molecule has 1 saturated carbocycles. The number of aromatic nitrogens is 2. The molecule has 2 aromatic carbocycles. The van der Waals surface area contributed by atoms with Crippen LogP contribution in [0.15, 0.2) is 48.5 Å². The molecule has 0 spiro atoms. The summed E-state index contributed by atoms with van der Waals surface area (Å²) in [4.78, 5) is 4.94. The molecule has 124 valence electrons. The van der Waals surface area contributed by atoms with Crippen LogP contribution in [0.4, 0.5) is 0 Å². The lowest BCUT2D eigenvalue weighted by Crippen LogP contribution is -2.10. The summed E-state index contributed by atoms with van der Waals surface area (Å²) in [7, 11) is 0. The van der Waals surface area contributed by atoms with Crippen molar-refractivity contribution >= 4 is 11.0 Å². The monoisotopic (exact) mass is 318 g/mol. The van der Waals surface area contributed by atoms with Crippen LogP contribution in [-0.4, -0.2) is 9.55 Å². The van der Waals surface area contributed by atoms with Crippen molar-refractivity contribution in [3.8, 4) is 11.4 Å². The maximum Gasteiger partial charge on any atom is 0.141 e. The lowest BCUT2D eigenvalue weighted by molar-refractivity contribution is 0.326. The van der Waals surface area contributed by atoms with E-state index in [0.717, 1.165) is 23.8 Å². The van der Waals surface area contributed by atoms with Gasteiger partial charge in [0.15, 0.2) is 0 Å². The number of rotatable bonds is 4. The Morgan fingerprint density at radius 2 is 1.71 bits per heavy atom. The summed E-state index contributed by atoms with van der Waals surface area (Å²) in [5.41, 5.74) is 4.89. The summed E-state index contributed by atoms with van der Waals surface area (Å²) in [6.45, 7) is 3.21. The molecule has 2 heteroatoms. The van der Waals surface area contributed by atoms with Crippen LogP contribution in [0.2, 0.25) is 0 Å². The second-order valence-electron chi connectivity index (χ2n) is 7.23. The van der Waals surface area contributed by atoms with Crippen molar-refractivity contribution in [3.63, 3.8) is 0 Å². The molecule has 1 aliphatic rings. The van der Waals surface area contributed by atoms with Gasteiger partial charge in [-0.3, -0.25) is 0 Å². The van der Waals surface area contributed by atoms with E-state index in [4.69, 9.17) is 4.98 Å². The van der Waals surface area contributed by atoms with Crippen LogP contribution in [0.3, 0.4) is 0 Å². The van der Waals surface area contributed by atoms with Crippen LogP contribution < -0.4 is 0 Å². The summed E-state index contributed by atoms with van der Waals surface area (Å²) in [6, 6.07) is 17.3. The number of hydrogen-bond donors (Lipinski definition) is 0. The zero-order valence-corrected chi connectivity index (χ0v) is 14.5. The summed E-state index contributed by atoms with van der Waals surface area (Å²) < 4.78 is 2.44. The van der Waals surface area contributed by atoms with E-state index >= 15 is 0 Å². The summed E-state index contributed by atoms with van der Waals surface area (Å²) >= 11 is 0. The van der Waals surface area contributed by atoms with Gasteiger partial charge in [-0.05, 0) is 31.4 Å². The molecule has 4 rings (SSSR count). The minimum atomic E-state index is 0.894. The van der Waals surface area contributed by atoms with Crippen molar-refractivity contribution in [2.24, 2.45) is 5.92 Å². The average Bonchev–Trinajstić information content (AvgIpc) is 3.00. The molecule has 0 N–H and O–H groups in total. The Bertz CT molecular complexity index is 808. The first-order chi connectivity index (χ1) is 11.8. The molecular weight excluding hydrogens is 292 g/mol. The first-order valence-electron chi connectivity index (χ1n) is 9.33. The van der Waals surface area contributed by atoms with Crippen LogP contribution in [0, 0.1) is 12.8 Å². The molecule has 2 nitrogen and oxygen atoms in total. The molecule has 0 radical (unpaired) electrons. The van der Waals surface area contributed by atoms with Gasteiger partial charge < -0.3 is 4.57 Å². The van der Waals surface area contributed by atoms with Crippen LogP contribution in [0.25, 0.3) is 22.4 Å². The first kappa shape index (κ1) is 15.4. The molecule has 1 aromatic heterocycles. The van der Waals surface area contributed by atoms with Gasteiger partial charge in [-0.25, -0.2) is 4.98 Å². The van der Waals surface area contributed by atoms with E-state index in [2.05, 4.69) is 60.0 Å². The summed E-state index contributed by atoms with van der Waals surface area (Å²) in [5, 5.41) is 0. The Balaban J connectivity index is 1.68. The van der Waals surface area contributed by atoms with E-state index in [1.165, 1.54) is 55.2 Å². The second-order valence-corrected chi connectivity index (χ2v) is 7.23. The highest BCUT2D eigenvalue weighted by atomic mass is 15.1. The maximum atomic E-state index is 4.94. The quantitative estimate of drug-likeness (QED) is 0.578. The third-order valence-corrected chi connectivity index (χ3v) is 5.45. The van der Waals surface area contributed by atoms with E-state index in [1.54, 1.807) is 0 Å². The Labute approximate surface area is 144 Å². The third-order valence-electron chi connectivity index (χ3n) is 5.45. The fraction of sp³-hybridized carbons (Fsp3) is 0.409. The Kier molecular flexibility index (Phi) is 4.38. The van der Waals surface area contributed by atoms with Crippen molar-refractivity contribution in [3.05, 3.63) is 54.1 Å². The minimum Gasteiger partial charge on any atom is -0.324 e. The van der Waals surface area contributed by atoms with Gasteiger partial charge in [0.25, 0.3) is 0 Å². The van der Waals surface area contributed by atoms with E-state index in [-0.39, 0.29) is 0 Å². The summed E-state index contributed by atoms with van der Waals surface area (Å²) in [5.74, 6) is 2.01. The first-order valence-corrected chi connectivity index (χ1v) is 9.33. The molecule has 1 fully saturated rings. The maximum absolute atomic E-state index is 4.94. The molecule has 0 saturated heterocycles. The predicted molar refractivity (Wildman–Crippen MR) is 101 cm³/mol. The predicted octanol–water partition coefficient (Wildman–Crippen LogP) is 5.98. The van der Waals surface area contributed by atoms with Gasteiger partial charge >= 0.3 is 0 Å². The molecule has 0 atom stereocenters. The third kappa shape index (κ3) is 3.10. The standard InChI is InChI=1S/C22H26N2/c1-17-11-13-19(14-12-17)22-23-20-9-5-6-10-21(20)24(22)16-15-18-7-3-2-4-8-18/h5-6,9-14,18H,2-4,7-8,15-16H2,1H3. The van der Waals surface area contributed by atoms with Crippen molar-refractivity contribution in [1.82, 2.24) is 9.55 Å². The highest BCUT2D eigenvalue weighted by Crippen LogP contribution is 2.30. The Morgan fingerprint density at radius 1 is 0.958 bits per heavy atom. The van der Waals surface area contributed by atoms with Gasteiger partial charge in [0.05, 0.1) is 11.0 Å². The SMILES string of the molecule is Cc1ccc(-c2nc3ccccc3n2CCC2CCCCC2)cc1. The van der Waals surface area contributed by atoms with Crippen LogP contribution in [-0.2, 0) is 6.54 Å². The number of nitrogens with zero attached hydrogens (tertiary/aromatic N) is 2. The van der Waals surface area contributed by atoms with Crippen molar-refractivity contribution in [1.29, 1.82) is 0 Å². The largest absolute Gasteiger partial charge is 0.324 e. The topological polar surface area (TPSA) is 17.8 Å². The van der Waals surface area contributed by atoms with Crippen LogP contribution in [0.5, 0.6) is 0 Å². The lowest BCUT2D eigenvalue weighted by Gasteiger charge is -2.22. The molecule has 0 aliphatic heterocycles. The fourth-order valence-electron chi connectivity index (χ4n) is 4.01. The normalized spacial score (nSPS) is 15.9. The van der Waals surface area contributed by atoms with Crippen LogP contribution in [0.1, 0.15) is 44.1 Å². The lowest BCUT2D eigenvalue weighted by atomic mass is 9.87. The molecule has 0 unspecified atom stereocenters. The van der Waals surface area contributed by atoms with Crippen LogP contribution >= 0.6 is 0 Å². The van der Waals surface area contributed by atoms with Gasteiger partial charge in [0.2, 0.25) is 0 Å². The number of aryl methyl sites for hydroxylation is 2. The Hall–Kier alpha value is -2.09. The molecule has 0 bridgehead atoms. The smallest absolute Gasteiger partial charge is 0.141 e. The molecule has 3 aromatic rings. The Morgan fingerprint density at radius 3 is 2.50 bits per heavy atom. The highest BCUT2D eigenvalue weighted by molar-refractivity contribution is 5.80. The van der Waals surface area contributed by atoms with Crippen molar-refractivity contribution in [2.45, 2.75) is 52.0 Å². The molecule has 1 heterocycles. The molecule has 0 amide bonds. The van der Waals surface area contributed by atoms with Gasteiger partial charge in [-0.1, -0.05) is 74.1 Å². The van der Waals surface area contributed by atoms with Gasteiger partial charge in [0, 0.05) is 12.1 Å². The van der Waals surface area contributed by atoms with E-state index in [1.807, 2.05) is 0 Å². The fourth-order valence-corrected chi connectivity index (χ4v) is 4.01. The number of para-hydroxylation sites is 2. The number of benzene rings is 2. The molecule has 1 aliphatic carbocycles. The number of hydrogen-bond acceptors (Lipinski definition) is 1. The molecule has 24 heavy (non-hydrogen) atoms. The van der Waals surface area contributed by atoms with Crippen molar-refractivity contribution in [2.75, 3.05) is 0 Å². The van der Waals surface area contributed by atoms with E-state index in [9.17, 15) is 0 Å². The zero-order valence-electron chi connectivity index (χ0n) is 14.5. The number of imidazole rings is 1. The number of fused-ring (bicyclic) bond motifs is 1. The van der Waals surface area contributed by atoms with Crippen molar-refractivity contribution < 1.29 is 0 Å². The second kappa shape index (κ2) is 6.80. The minimum absolute atomic E-state index is 0.894. The van der Waals surface area contributed by atoms with E-state index < -0.39 is 0 Å². The van der Waals surface area contributed by atoms with Gasteiger partial charge in [-0.15, -0.1) is 0 Å². The van der Waals surface area contributed by atoms with Gasteiger partial charge in [0.1, 0.15) is 5.82 Å². The van der Waals surface area contributed by atoms with Gasteiger partial charge in [-0.2, -0.15) is 0 Å². The highest BCUT2D eigenvalue weighted by Gasteiger charge is 2.16. The average molecular weight is 318 g/mol. The van der Waals surface area contributed by atoms with E-state index in [0.29, 0.717) is 0 Å². The zero-order chi connectivity index (χ0) is 16.4. The molecular formula is C22H26N2. The summed E-state index contributed by atoms with van der Waals surface area (Å²) in [6.07, 6.45) is 8.36.